The zero-order chi connectivity index (χ0) is 21.1. The normalized spacial score (nSPS) is 15.6. The highest BCUT2D eigenvalue weighted by atomic mass is 32.2. The molecule has 0 aromatic heterocycles. The summed E-state index contributed by atoms with van der Waals surface area (Å²) in [5, 5.41) is 0. The van der Waals surface area contributed by atoms with Crippen molar-refractivity contribution in [3.63, 3.8) is 0 Å². The van der Waals surface area contributed by atoms with Gasteiger partial charge >= 0.3 is 6.36 Å². The van der Waals surface area contributed by atoms with Crippen LogP contribution in [0.3, 0.4) is 0 Å². The molecular formula is C19H21F3N2O4S. The van der Waals surface area contributed by atoms with E-state index in [-0.39, 0.29) is 11.4 Å². The van der Waals surface area contributed by atoms with E-state index in [1.807, 2.05) is 24.3 Å². The molecule has 1 heterocycles. The van der Waals surface area contributed by atoms with Gasteiger partial charge in [-0.05, 0) is 42.0 Å². The molecule has 1 saturated heterocycles. The topological polar surface area (TPSA) is 59.1 Å². The summed E-state index contributed by atoms with van der Waals surface area (Å²) in [5.74, 6) is -0.474. The molecule has 29 heavy (non-hydrogen) atoms. The number of nitrogens with zero attached hydrogens (tertiary/aromatic N) is 2. The van der Waals surface area contributed by atoms with Crippen molar-refractivity contribution in [2.45, 2.75) is 17.8 Å². The van der Waals surface area contributed by atoms with Gasteiger partial charge in [-0.25, -0.2) is 8.42 Å². The fourth-order valence-electron chi connectivity index (χ4n) is 2.97. The van der Waals surface area contributed by atoms with E-state index in [1.54, 1.807) is 0 Å². The molecule has 2 aromatic carbocycles. The Bertz CT molecular complexity index is 910. The van der Waals surface area contributed by atoms with Crippen LogP contribution in [0.5, 0.6) is 5.75 Å². The predicted molar refractivity (Wildman–Crippen MR) is 101 cm³/mol. The maximum absolute atomic E-state index is 12.7. The zero-order valence-corrected chi connectivity index (χ0v) is 16.5. The molecule has 2 aromatic rings. The first-order chi connectivity index (χ1) is 13.6. The van der Waals surface area contributed by atoms with E-state index >= 15 is 0 Å². The molecule has 1 fully saturated rings. The molecule has 10 heteroatoms. The number of sulfonamides is 1. The van der Waals surface area contributed by atoms with Crippen molar-refractivity contribution < 1.29 is 31.1 Å². The van der Waals surface area contributed by atoms with Gasteiger partial charge in [-0.2, -0.15) is 4.31 Å². The Balaban J connectivity index is 1.66. The van der Waals surface area contributed by atoms with Crippen molar-refractivity contribution in [1.82, 2.24) is 4.31 Å². The third-order valence-electron chi connectivity index (χ3n) is 4.48. The number of hydrogen-bond donors (Lipinski definition) is 0. The third-order valence-corrected chi connectivity index (χ3v) is 6.30. The van der Waals surface area contributed by atoms with Gasteiger partial charge in [0.2, 0.25) is 10.0 Å². The number of halogens is 3. The van der Waals surface area contributed by atoms with Gasteiger partial charge in [0.15, 0.2) is 0 Å². The molecule has 0 spiro atoms. The molecule has 3 rings (SSSR count). The van der Waals surface area contributed by atoms with Gasteiger partial charge in [-0.3, -0.25) is 0 Å². The molecule has 0 saturated carbocycles. The molecule has 0 radical (unpaired) electrons. The van der Waals surface area contributed by atoms with E-state index in [0.29, 0.717) is 13.2 Å². The van der Waals surface area contributed by atoms with Gasteiger partial charge in [-0.1, -0.05) is 12.1 Å². The molecule has 0 bridgehead atoms. The molecule has 0 amide bonds. The van der Waals surface area contributed by atoms with Crippen molar-refractivity contribution in [3.8, 4) is 5.75 Å². The van der Waals surface area contributed by atoms with E-state index in [9.17, 15) is 21.6 Å². The van der Waals surface area contributed by atoms with Gasteiger partial charge in [0.05, 0.1) is 18.1 Å². The molecule has 158 valence electrons. The van der Waals surface area contributed by atoms with Gasteiger partial charge in [0.25, 0.3) is 0 Å². The highest BCUT2D eigenvalue weighted by Crippen LogP contribution is 2.25. The molecule has 0 unspecified atom stereocenters. The monoisotopic (exact) mass is 430 g/mol. The SMILES string of the molecule is CN(Cc1ccc(N2CCOCC2)cc1)S(=O)(=O)c1ccc(OC(F)(F)F)cc1. The quantitative estimate of drug-likeness (QED) is 0.704. The molecule has 1 aliphatic rings. The van der Waals surface area contributed by atoms with E-state index in [0.717, 1.165) is 52.9 Å². The van der Waals surface area contributed by atoms with Crippen LogP contribution in [0.2, 0.25) is 0 Å². The van der Waals surface area contributed by atoms with E-state index in [1.165, 1.54) is 7.05 Å². The Labute approximate surface area is 167 Å². The highest BCUT2D eigenvalue weighted by Gasteiger charge is 2.31. The maximum Gasteiger partial charge on any atom is 0.573 e. The van der Waals surface area contributed by atoms with Crippen LogP contribution >= 0.6 is 0 Å². The molecule has 0 N–H and O–H groups in total. The Hall–Kier alpha value is -2.30. The summed E-state index contributed by atoms with van der Waals surface area (Å²) in [6.07, 6.45) is -4.83. The summed E-state index contributed by atoms with van der Waals surface area (Å²) in [7, 11) is -2.44. The lowest BCUT2D eigenvalue weighted by Crippen LogP contribution is -2.36. The van der Waals surface area contributed by atoms with Crippen LogP contribution in [-0.2, 0) is 21.3 Å². The Kier molecular flexibility index (Phi) is 6.35. The summed E-state index contributed by atoms with van der Waals surface area (Å²) in [5.41, 5.74) is 1.84. The Morgan fingerprint density at radius 3 is 2.17 bits per heavy atom. The van der Waals surface area contributed by atoms with Crippen LogP contribution in [-0.4, -0.2) is 52.4 Å². The zero-order valence-electron chi connectivity index (χ0n) is 15.7. The first kappa shape index (κ1) is 21.4. The minimum absolute atomic E-state index is 0.112. The lowest BCUT2D eigenvalue weighted by atomic mass is 10.2. The standard InChI is InChI=1S/C19H21F3N2O4S/c1-23(14-15-2-4-16(5-3-15)24-10-12-27-13-11-24)29(25,26)18-8-6-17(7-9-18)28-19(20,21)22/h2-9H,10-14H2,1H3. The largest absolute Gasteiger partial charge is 0.573 e. The van der Waals surface area contributed by atoms with Crippen LogP contribution in [0.1, 0.15) is 5.56 Å². The number of benzene rings is 2. The van der Waals surface area contributed by atoms with Crippen molar-refractivity contribution in [2.24, 2.45) is 0 Å². The predicted octanol–water partition coefficient (Wildman–Crippen LogP) is 3.24. The highest BCUT2D eigenvalue weighted by molar-refractivity contribution is 7.89. The van der Waals surface area contributed by atoms with Gasteiger partial charge < -0.3 is 14.4 Å². The van der Waals surface area contributed by atoms with Crippen LogP contribution in [0.25, 0.3) is 0 Å². The van der Waals surface area contributed by atoms with Crippen LogP contribution in [0.15, 0.2) is 53.4 Å². The minimum Gasteiger partial charge on any atom is -0.406 e. The number of morpholine rings is 1. The second kappa shape index (κ2) is 8.60. The van der Waals surface area contributed by atoms with Crippen LogP contribution in [0, 0.1) is 0 Å². The van der Waals surface area contributed by atoms with E-state index in [2.05, 4.69) is 9.64 Å². The second-order valence-corrected chi connectivity index (χ2v) is 8.59. The summed E-state index contributed by atoms with van der Waals surface area (Å²) in [6.45, 7) is 3.10. The van der Waals surface area contributed by atoms with E-state index < -0.39 is 22.1 Å². The summed E-state index contributed by atoms with van der Waals surface area (Å²) >= 11 is 0. The number of ether oxygens (including phenoxy) is 2. The lowest BCUT2D eigenvalue weighted by molar-refractivity contribution is -0.274. The van der Waals surface area contributed by atoms with Crippen molar-refractivity contribution in [3.05, 3.63) is 54.1 Å². The fourth-order valence-corrected chi connectivity index (χ4v) is 4.13. The molecule has 6 nitrogen and oxygen atoms in total. The average molecular weight is 430 g/mol. The third kappa shape index (κ3) is 5.62. The Morgan fingerprint density at radius 2 is 1.62 bits per heavy atom. The Morgan fingerprint density at radius 1 is 1.03 bits per heavy atom. The van der Waals surface area contributed by atoms with E-state index in [4.69, 9.17) is 4.74 Å². The molecular weight excluding hydrogens is 409 g/mol. The number of rotatable bonds is 6. The van der Waals surface area contributed by atoms with Gasteiger partial charge in [-0.15, -0.1) is 13.2 Å². The average Bonchev–Trinajstić information content (AvgIpc) is 2.68. The van der Waals surface area contributed by atoms with Gasteiger partial charge in [0, 0.05) is 32.4 Å². The molecule has 0 aliphatic carbocycles. The maximum atomic E-state index is 12.7. The first-order valence-corrected chi connectivity index (χ1v) is 10.3. The fraction of sp³-hybridized carbons (Fsp3) is 0.368. The lowest BCUT2D eigenvalue weighted by Gasteiger charge is -2.29. The molecule has 1 aliphatic heterocycles. The smallest absolute Gasteiger partial charge is 0.406 e. The summed E-state index contributed by atoms with van der Waals surface area (Å²) in [6, 6.07) is 11.7. The van der Waals surface area contributed by atoms with Crippen molar-refractivity contribution in [2.75, 3.05) is 38.3 Å². The molecule has 0 atom stereocenters. The van der Waals surface area contributed by atoms with Crippen molar-refractivity contribution in [1.29, 1.82) is 0 Å². The summed E-state index contributed by atoms with van der Waals surface area (Å²) < 4.78 is 72.3. The van der Waals surface area contributed by atoms with Crippen molar-refractivity contribution >= 4 is 15.7 Å². The number of hydrogen-bond acceptors (Lipinski definition) is 5. The number of alkyl halides is 3. The number of anilines is 1. The van der Waals surface area contributed by atoms with Crippen LogP contribution < -0.4 is 9.64 Å². The second-order valence-electron chi connectivity index (χ2n) is 6.55. The van der Waals surface area contributed by atoms with Crippen LogP contribution in [0.4, 0.5) is 18.9 Å². The van der Waals surface area contributed by atoms with Gasteiger partial charge in [0.1, 0.15) is 5.75 Å². The minimum atomic E-state index is -4.83. The summed E-state index contributed by atoms with van der Waals surface area (Å²) in [4.78, 5) is 2.08. The first-order valence-electron chi connectivity index (χ1n) is 8.89.